The lowest BCUT2D eigenvalue weighted by Gasteiger charge is -2.37. The topological polar surface area (TPSA) is 57.7 Å². The van der Waals surface area contributed by atoms with Crippen molar-refractivity contribution in [2.75, 3.05) is 19.6 Å². The van der Waals surface area contributed by atoms with E-state index in [-0.39, 0.29) is 22.4 Å². The maximum absolute atomic E-state index is 13.7. The Balaban J connectivity index is 1.85. The Morgan fingerprint density at radius 2 is 2.00 bits per heavy atom. The number of amides is 1. The van der Waals surface area contributed by atoms with E-state index >= 15 is 0 Å². The first-order chi connectivity index (χ1) is 10.9. The first-order valence-electron chi connectivity index (χ1n) is 7.96. The van der Waals surface area contributed by atoms with Crippen molar-refractivity contribution in [1.82, 2.24) is 9.21 Å². The summed E-state index contributed by atoms with van der Waals surface area (Å²) in [4.78, 5) is 13.7. The molecule has 0 spiro atoms. The van der Waals surface area contributed by atoms with Gasteiger partial charge >= 0.3 is 0 Å². The van der Waals surface area contributed by atoms with Gasteiger partial charge in [-0.05, 0) is 38.3 Å². The molecule has 1 aromatic carbocycles. The molecule has 0 aliphatic carbocycles. The second-order valence-corrected chi connectivity index (χ2v) is 8.12. The Morgan fingerprint density at radius 1 is 1.22 bits per heavy atom. The minimum absolute atomic E-state index is 0.0194. The van der Waals surface area contributed by atoms with Crippen molar-refractivity contribution in [2.24, 2.45) is 0 Å². The van der Waals surface area contributed by atoms with Gasteiger partial charge in [-0.3, -0.25) is 4.79 Å². The standard InChI is InChI=1S/C16H21FN2O3S/c1-12-14(17)6-2-7-15(12)23(21,22)18-9-3-5-13(11-18)19-10-4-8-16(19)20/h2,6-7,13H,3-5,8-11H2,1H3/t13-/m1/s1. The largest absolute Gasteiger partial charge is 0.338 e. The number of rotatable bonds is 3. The molecule has 0 N–H and O–H groups in total. The molecule has 3 rings (SSSR count). The van der Waals surface area contributed by atoms with Gasteiger partial charge in [0.25, 0.3) is 0 Å². The number of carbonyl (C=O) groups excluding carboxylic acids is 1. The highest BCUT2D eigenvalue weighted by Crippen LogP contribution is 2.27. The Kier molecular flexibility index (Phi) is 4.42. The Morgan fingerprint density at radius 3 is 2.70 bits per heavy atom. The van der Waals surface area contributed by atoms with Crippen molar-refractivity contribution in [3.63, 3.8) is 0 Å². The van der Waals surface area contributed by atoms with E-state index in [0.717, 1.165) is 12.8 Å². The van der Waals surface area contributed by atoms with Crippen LogP contribution >= 0.6 is 0 Å². The summed E-state index contributed by atoms with van der Waals surface area (Å²) in [5, 5.41) is 0. The molecule has 1 amide bonds. The molecule has 7 heteroatoms. The minimum atomic E-state index is -3.74. The molecule has 1 aromatic rings. The fourth-order valence-corrected chi connectivity index (χ4v) is 5.21. The normalized spacial score (nSPS) is 23.5. The van der Waals surface area contributed by atoms with Crippen molar-refractivity contribution in [2.45, 2.75) is 43.5 Å². The predicted molar refractivity (Wildman–Crippen MR) is 83.9 cm³/mol. The highest BCUT2D eigenvalue weighted by molar-refractivity contribution is 7.89. The summed E-state index contributed by atoms with van der Waals surface area (Å²) in [7, 11) is -3.74. The molecule has 0 radical (unpaired) electrons. The van der Waals surface area contributed by atoms with Crippen LogP contribution in [0.3, 0.4) is 0 Å². The average molecular weight is 340 g/mol. The summed E-state index contributed by atoms with van der Waals surface area (Å²) < 4.78 is 40.8. The lowest BCUT2D eigenvalue weighted by molar-refractivity contribution is -0.130. The van der Waals surface area contributed by atoms with Crippen LogP contribution in [-0.2, 0) is 14.8 Å². The molecule has 126 valence electrons. The molecule has 0 saturated carbocycles. The summed E-state index contributed by atoms with van der Waals surface area (Å²) >= 11 is 0. The van der Waals surface area contributed by atoms with Crippen LogP contribution in [0.2, 0.25) is 0 Å². The van der Waals surface area contributed by atoms with E-state index in [1.807, 2.05) is 0 Å². The van der Waals surface area contributed by atoms with Gasteiger partial charge in [0.05, 0.1) is 4.90 Å². The van der Waals surface area contributed by atoms with Crippen LogP contribution in [0, 0.1) is 12.7 Å². The number of halogens is 1. The van der Waals surface area contributed by atoms with Gasteiger partial charge < -0.3 is 4.90 Å². The Labute approximate surface area is 136 Å². The molecule has 0 aromatic heterocycles. The van der Waals surface area contributed by atoms with Crippen LogP contribution in [0.25, 0.3) is 0 Å². The van der Waals surface area contributed by atoms with Gasteiger partial charge in [0.2, 0.25) is 15.9 Å². The molecular formula is C16H21FN2O3S. The third-order valence-corrected chi connectivity index (χ3v) is 6.76. The summed E-state index contributed by atoms with van der Waals surface area (Å²) in [5.41, 5.74) is 0.145. The third-order valence-electron chi connectivity index (χ3n) is 4.75. The lowest BCUT2D eigenvalue weighted by atomic mass is 10.1. The van der Waals surface area contributed by atoms with Crippen LogP contribution in [0.4, 0.5) is 4.39 Å². The molecular weight excluding hydrogens is 319 g/mol. The van der Waals surface area contributed by atoms with Crippen molar-refractivity contribution in [3.05, 3.63) is 29.6 Å². The molecule has 2 heterocycles. The minimum Gasteiger partial charge on any atom is -0.338 e. The zero-order valence-corrected chi connectivity index (χ0v) is 14.0. The van der Waals surface area contributed by atoms with Crippen molar-refractivity contribution < 1.29 is 17.6 Å². The van der Waals surface area contributed by atoms with Gasteiger partial charge in [0, 0.05) is 37.7 Å². The fourth-order valence-electron chi connectivity index (χ4n) is 3.45. The van der Waals surface area contributed by atoms with E-state index in [9.17, 15) is 17.6 Å². The number of carbonyl (C=O) groups is 1. The van der Waals surface area contributed by atoms with Gasteiger partial charge in [-0.25, -0.2) is 12.8 Å². The quantitative estimate of drug-likeness (QED) is 0.844. The fraction of sp³-hybridized carbons (Fsp3) is 0.562. The Hall–Kier alpha value is -1.47. The van der Waals surface area contributed by atoms with Gasteiger partial charge in [-0.1, -0.05) is 6.07 Å². The third kappa shape index (κ3) is 2.99. The van der Waals surface area contributed by atoms with Crippen LogP contribution in [0.5, 0.6) is 0 Å². The number of benzene rings is 1. The molecule has 2 fully saturated rings. The smallest absolute Gasteiger partial charge is 0.243 e. The predicted octanol–water partition coefficient (Wildman–Crippen LogP) is 1.91. The molecule has 2 saturated heterocycles. The molecule has 0 unspecified atom stereocenters. The van der Waals surface area contributed by atoms with Crippen LogP contribution in [0.1, 0.15) is 31.2 Å². The summed E-state index contributed by atoms with van der Waals surface area (Å²) in [6.07, 6.45) is 2.92. The zero-order chi connectivity index (χ0) is 16.6. The van der Waals surface area contributed by atoms with E-state index in [0.29, 0.717) is 32.5 Å². The van der Waals surface area contributed by atoms with Gasteiger partial charge in [-0.15, -0.1) is 0 Å². The zero-order valence-electron chi connectivity index (χ0n) is 13.2. The highest BCUT2D eigenvalue weighted by atomic mass is 32.2. The maximum Gasteiger partial charge on any atom is 0.243 e. The number of sulfonamides is 1. The molecule has 5 nitrogen and oxygen atoms in total. The van der Waals surface area contributed by atoms with Gasteiger partial charge in [0.1, 0.15) is 5.82 Å². The van der Waals surface area contributed by atoms with Crippen molar-refractivity contribution in [1.29, 1.82) is 0 Å². The number of hydrogen-bond donors (Lipinski definition) is 0. The number of nitrogens with zero attached hydrogens (tertiary/aromatic N) is 2. The molecule has 0 bridgehead atoms. The van der Waals surface area contributed by atoms with Gasteiger partial charge in [-0.2, -0.15) is 4.31 Å². The number of piperidine rings is 1. The lowest BCUT2D eigenvalue weighted by Crippen LogP contribution is -2.50. The van der Waals surface area contributed by atoms with Crippen LogP contribution in [-0.4, -0.2) is 49.2 Å². The molecule has 2 aliphatic heterocycles. The molecule has 2 aliphatic rings. The number of likely N-dealkylation sites (tertiary alicyclic amines) is 1. The molecule has 23 heavy (non-hydrogen) atoms. The Bertz CT molecular complexity index is 720. The van der Waals surface area contributed by atoms with E-state index in [4.69, 9.17) is 0 Å². The van der Waals surface area contributed by atoms with E-state index in [2.05, 4.69) is 0 Å². The first-order valence-corrected chi connectivity index (χ1v) is 9.40. The summed E-state index contributed by atoms with van der Waals surface area (Å²) in [6.45, 7) is 2.89. The average Bonchev–Trinajstić information content (AvgIpc) is 2.96. The SMILES string of the molecule is Cc1c(F)cccc1S(=O)(=O)N1CCC[C@@H](N2CCCC2=O)C1. The second kappa shape index (κ2) is 6.20. The second-order valence-electron chi connectivity index (χ2n) is 6.21. The maximum atomic E-state index is 13.7. The van der Waals surface area contributed by atoms with Crippen LogP contribution < -0.4 is 0 Å². The van der Waals surface area contributed by atoms with Crippen molar-refractivity contribution >= 4 is 15.9 Å². The monoisotopic (exact) mass is 340 g/mol. The number of hydrogen-bond acceptors (Lipinski definition) is 3. The van der Waals surface area contributed by atoms with Crippen molar-refractivity contribution in [3.8, 4) is 0 Å². The molecule has 1 atom stereocenters. The van der Waals surface area contributed by atoms with Gasteiger partial charge in [0.15, 0.2) is 0 Å². The summed E-state index contributed by atoms with van der Waals surface area (Å²) in [5.74, 6) is -0.412. The van der Waals surface area contributed by atoms with E-state index < -0.39 is 15.8 Å². The first kappa shape index (κ1) is 16.4. The summed E-state index contributed by atoms with van der Waals surface area (Å²) in [6, 6.07) is 4.05. The van der Waals surface area contributed by atoms with E-state index in [1.54, 1.807) is 4.90 Å². The highest BCUT2D eigenvalue weighted by Gasteiger charge is 2.36. The van der Waals surface area contributed by atoms with Crippen LogP contribution in [0.15, 0.2) is 23.1 Å². The van der Waals surface area contributed by atoms with E-state index in [1.165, 1.54) is 29.4 Å².